The number of unbranched alkanes of at least 4 members (excludes halogenated alkanes) is 1. The lowest BCUT2D eigenvalue weighted by Crippen LogP contribution is -2.32. The summed E-state index contributed by atoms with van der Waals surface area (Å²) in [6.07, 6.45) is 2.36. The average molecular weight is 189 g/mol. The minimum absolute atomic E-state index is 0.0770. The zero-order valence-corrected chi connectivity index (χ0v) is 9.14. The predicted molar refractivity (Wildman–Crippen MR) is 54.8 cm³/mol. The Morgan fingerprint density at radius 2 is 1.69 bits per heavy atom. The molecular weight excluding hydrogens is 166 g/mol. The van der Waals surface area contributed by atoms with E-state index in [2.05, 4.69) is 12.2 Å². The molecule has 1 N–H and O–H groups in total. The van der Waals surface area contributed by atoms with Gasteiger partial charge in [-0.3, -0.25) is 0 Å². The summed E-state index contributed by atoms with van der Waals surface area (Å²) in [6, 6.07) is 0. The van der Waals surface area contributed by atoms with Crippen molar-refractivity contribution in [1.29, 1.82) is 0 Å². The molecule has 0 bridgehead atoms. The Hall–Kier alpha value is -0.120. The summed E-state index contributed by atoms with van der Waals surface area (Å²) in [7, 11) is 0. The van der Waals surface area contributed by atoms with Crippen LogP contribution < -0.4 is 5.32 Å². The molecule has 3 heteroatoms. The molecule has 0 aliphatic carbocycles. The Bertz CT molecular complexity index is 92.9. The van der Waals surface area contributed by atoms with Gasteiger partial charge >= 0.3 is 0 Å². The molecule has 0 aromatic rings. The van der Waals surface area contributed by atoms with Gasteiger partial charge in [-0.25, -0.2) is 0 Å². The molecule has 0 saturated carbocycles. The Morgan fingerprint density at radius 1 is 1.08 bits per heavy atom. The van der Waals surface area contributed by atoms with Crippen LogP contribution in [-0.4, -0.2) is 32.6 Å². The highest BCUT2D eigenvalue weighted by Crippen LogP contribution is 1.93. The Balaban J connectivity index is 3.33. The van der Waals surface area contributed by atoms with Gasteiger partial charge in [-0.2, -0.15) is 0 Å². The third kappa shape index (κ3) is 8.22. The number of hydrogen-bond acceptors (Lipinski definition) is 3. The highest BCUT2D eigenvalue weighted by Gasteiger charge is 2.05. The smallest absolute Gasteiger partial charge is 0.169 e. The van der Waals surface area contributed by atoms with Crippen molar-refractivity contribution in [3.8, 4) is 0 Å². The molecule has 80 valence electrons. The van der Waals surface area contributed by atoms with Crippen LogP contribution >= 0.6 is 0 Å². The molecule has 0 amide bonds. The first-order valence-electron chi connectivity index (χ1n) is 5.29. The third-order valence-corrected chi connectivity index (χ3v) is 1.72. The first-order chi connectivity index (χ1) is 6.35. The summed E-state index contributed by atoms with van der Waals surface area (Å²) in [5.74, 6) is 0. The van der Waals surface area contributed by atoms with Gasteiger partial charge in [-0.15, -0.1) is 0 Å². The fraction of sp³-hybridized carbons (Fsp3) is 1.00. The maximum atomic E-state index is 5.38. The van der Waals surface area contributed by atoms with Gasteiger partial charge in [-0.1, -0.05) is 13.3 Å². The predicted octanol–water partition coefficient (Wildman–Crippen LogP) is 1.78. The molecule has 0 aromatic heterocycles. The third-order valence-electron chi connectivity index (χ3n) is 1.72. The largest absolute Gasteiger partial charge is 0.352 e. The van der Waals surface area contributed by atoms with Crippen molar-refractivity contribution in [3.63, 3.8) is 0 Å². The lowest BCUT2D eigenvalue weighted by molar-refractivity contribution is -0.132. The first-order valence-corrected chi connectivity index (χ1v) is 5.29. The molecule has 0 rings (SSSR count). The van der Waals surface area contributed by atoms with Crippen LogP contribution in [0.4, 0.5) is 0 Å². The van der Waals surface area contributed by atoms with Crippen molar-refractivity contribution in [1.82, 2.24) is 5.32 Å². The summed E-state index contributed by atoms with van der Waals surface area (Å²) < 4.78 is 10.8. The summed E-state index contributed by atoms with van der Waals surface area (Å²) in [6.45, 7) is 9.41. The van der Waals surface area contributed by atoms with E-state index >= 15 is 0 Å². The van der Waals surface area contributed by atoms with E-state index < -0.39 is 0 Å². The number of hydrogen-bond donors (Lipinski definition) is 1. The molecule has 13 heavy (non-hydrogen) atoms. The van der Waals surface area contributed by atoms with Crippen molar-refractivity contribution in [2.24, 2.45) is 0 Å². The molecular formula is C10H23NO2. The molecule has 0 fully saturated rings. The minimum Gasteiger partial charge on any atom is -0.352 e. The highest BCUT2D eigenvalue weighted by molar-refractivity contribution is 4.51. The van der Waals surface area contributed by atoms with Crippen LogP contribution in [-0.2, 0) is 9.47 Å². The second-order valence-corrected chi connectivity index (χ2v) is 2.90. The van der Waals surface area contributed by atoms with Crippen LogP contribution in [0, 0.1) is 0 Å². The molecule has 0 saturated heterocycles. The molecule has 0 aliphatic rings. The lowest BCUT2D eigenvalue weighted by Gasteiger charge is -2.17. The van der Waals surface area contributed by atoms with Gasteiger partial charge in [0.15, 0.2) is 6.29 Å². The Labute approximate surface area is 81.8 Å². The fourth-order valence-electron chi connectivity index (χ4n) is 1.06. The van der Waals surface area contributed by atoms with Crippen molar-refractivity contribution < 1.29 is 9.47 Å². The monoisotopic (exact) mass is 189 g/mol. The van der Waals surface area contributed by atoms with Gasteiger partial charge in [0.1, 0.15) is 0 Å². The van der Waals surface area contributed by atoms with Crippen LogP contribution in [0.5, 0.6) is 0 Å². The minimum atomic E-state index is -0.0770. The molecule has 0 radical (unpaired) electrons. The standard InChI is InChI=1S/C10H23NO2/c1-4-7-8-11-9-10(12-5-2)13-6-3/h10-11H,4-9H2,1-3H3. The molecule has 0 unspecified atom stereocenters. The van der Waals surface area contributed by atoms with Gasteiger partial charge in [0.2, 0.25) is 0 Å². The van der Waals surface area contributed by atoms with Gasteiger partial charge in [0, 0.05) is 19.8 Å². The Kier molecular flexibility index (Phi) is 9.87. The molecule has 0 spiro atoms. The SMILES string of the molecule is CCCCNCC(OCC)OCC. The van der Waals surface area contributed by atoms with E-state index in [4.69, 9.17) is 9.47 Å². The number of ether oxygens (including phenoxy) is 2. The normalized spacial score (nSPS) is 11.1. The van der Waals surface area contributed by atoms with Gasteiger partial charge in [-0.05, 0) is 26.8 Å². The summed E-state index contributed by atoms with van der Waals surface area (Å²) in [5, 5.41) is 3.31. The van der Waals surface area contributed by atoms with Gasteiger partial charge < -0.3 is 14.8 Å². The van der Waals surface area contributed by atoms with Gasteiger partial charge in [0.05, 0.1) is 0 Å². The summed E-state index contributed by atoms with van der Waals surface area (Å²) >= 11 is 0. The van der Waals surface area contributed by atoms with Crippen molar-refractivity contribution in [3.05, 3.63) is 0 Å². The maximum absolute atomic E-state index is 5.38. The summed E-state index contributed by atoms with van der Waals surface area (Å²) in [4.78, 5) is 0. The van der Waals surface area contributed by atoms with Gasteiger partial charge in [0.25, 0.3) is 0 Å². The fourth-order valence-corrected chi connectivity index (χ4v) is 1.06. The van der Waals surface area contributed by atoms with Crippen molar-refractivity contribution >= 4 is 0 Å². The number of nitrogens with one attached hydrogen (secondary N) is 1. The summed E-state index contributed by atoms with van der Waals surface area (Å²) in [5.41, 5.74) is 0. The van der Waals surface area contributed by atoms with Crippen LogP contribution in [0.15, 0.2) is 0 Å². The quantitative estimate of drug-likeness (QED) is 0.443. The topological polar surface area (TPSA) is 30.5 Å². The van der Waals surface area contributed by atoms with Crippen molar-refractivity contribution in [2.75, 3.05) is 26.3 Å². The average Bonchev–Trinajstić information content (AvgIpc) is 2.13. The molecule has 3 nitrogen and oxygen atoms in total. The van der Waals surface area contributed by atoms with E-state index in [1.807, 2.05) is 13.8 Å². The van der Waals surface area contributed by atoms with E-state index in [0.29, 0.717) is 13.2 Å². The van der Waals surface area contributed by atoms with Crippen LogP contribution in [0.3, 0.4) is 0 Å². The van der Waals surface area contributed by atoms with E-state index in [1.54, 1.807) is 0 Å². The van der Waals surface area contributed by atoms with E-state index in [9.17, 15) is 0 Å². The van der Waals surface area contributed by atoms with Crippen LogP contribution in [0.1, 0.15) is 33.6 Å². The second-order valence-electron chi connectivity index (χ2n) is 2.90. The van der Waals surface area contributed by atoms with Crippen LogP contribution in [0.25, 0.3) is 0 Å². The molecule has 0 heterocycles. The molecule has 0 aliphatic heterocycles. The van der Waals surface area contributed by atoms with E-state index in [0.717, 1.165) is 13.1 Å². The zero-order chi connectivity index (χ0) is 9.94. The van der Waals surface area contributed by atoms with Crippen molar-refractivity contribution in [2.45, 2.75) is 39.9 Å². The second kappa shape index (κ2) is 9.96. The maximum Gasteiger partial charge on any atom is 0.169 e. The lowest BCUT2D eigenvalue weighted by atomic mass is 10.3. The highest BCUT2D eigenvalue weighted by atomic mass is 16.7. The first kappa shape index (κ1) is 12.9. The van der Waals surface area contributed by atoms with E-state index in [1.165, 1.54) is 12.8 Å². The Morgan fingerprint density at radius 3 is 2.15 bits per heavy atom. The zero-order valence-electron chi connectivity index (χ0n) is 9.14. The van der Waals surface area contributed by atoms with E-state index in [-0.39, 0.29) is 6.29 Å². The molecule has 0 aromatic carbocycles. The van der Waals surface area contributed by atoms with Crippen LogP contribution in [0.2, 0.25) is 0 Å². The number of rotatable bonds is 9. The molecule has 0 atom stereocenters.